The van der Waals surface area contributed by atoms with Crippen LogP contribution >= 0.6 is 15.9 Å². The number of benzene rings is 1. The molecule has 0 radical (unpaired) electrons. The van der Waals surface area contributed by atoms with Crippen LogP contribution in [-0.4, -0.2) is 25.6 Å². The lowest BCUT2D eigenvalue weighted by atomic mass is 10.3. The average molecular weight is 338 g/mol. The van der Waals surface area contributed by atoms with Crippen LogP contribution in [0.5, 0.6) is 0 Å². The van der Waals surface area contributed by atoms with Crippen LogP contribution in [0.25, 0.3) is 0 Å². The summed E-state index contributed by atoms with van der Waals surface area (Å²) in [5, 5.41) is 18.3. The van der Waals surface area contributed by atoms with Crippen LogP contribution < -0.4 is 10.5 Å². The second-order valence-electron chi connectivity index (χ2n) is 3.57. The van der Waals surface area contributed by atoms with Crippen molar-refractivity contribution in [2.24, 2.45) is 5.14 Å². The van der Waals surface area contributed by atoms with Gasteiger partial charge >= 0.3 is 0 Å². The lowest BCUT2D eigenvalue weighted by Crippen LogP contribution is -2.18. The number of anilines is 1. The highest BCUT2D eigenvalue weighted by atomic mass is 79.9. The van der Waals surface area contributed by atoms with Crippen LogP contribution in [-0.2, 0) is 10.0 Å². The molecule has 18 heavy (non-hydrogen) atoms. The van der Waals surface area contributed by atoms with Crippen LogP contribution in [0, 0.1) is 10.1 Å². The van der Waals surface area contributed by atoms with Gasteiger partial charge in [-0.2, -0.15) is 0 Å². The second kappa shape index (κ2) is 6.12. The molecular weight excluding hydrogens is 326 g/mol. The van der Waals surface area contributed by atoms with Crippen LogP contribution in [0.3, 0.4) is 0 Å². The zero-order valence-electron chi connectivity index (χ0n) is 9.30. The molecule has 100 valence electrons. The first-order valence-electron chi connectivity index (χ1n) is 4.98. The topological polar surface area (TPSA) is 115 Å². The van der Waals surface area contributed by atoms with Gasteiger partial charge in [0.1, 0.15) is 0 Å². The molecule has 0 saturated carbocycles. The van der Waals surface area contributed by atoms with E-state index in [1.807, 2.05) is 0 Å². The Bertz CT molecular complexity index is 547. The Morgan fingerprint density at radius 2 is 2.11 bits per heavy atom. The van der Waals surface area contributed by atoms with E-state index in [0.717, 1.165) is 0 Å². The summed E-state index contributed by atoms with van der Waals surface area (Å²) >= 11 is 3.20. The number of nitrogens with two attached hydrogens (primary N) is 1. The molecule has 0 aliphatic heterocycles. The Hall–Kier alpha value is -1.19. The number of nitrogens with zero attached hydrogens (tertiary/aromatic N) is 1. The maximum Gasteiger partial charge on any atom is 0.270 e. The van der Waals surface area contributed by atoms with E-state index in [1.54, 1.807) is 6.07 Å². The van der Waals surface area contributed by atoms with Crippen molar-refractivity contribution in [2.45, 2.75) is 6.42 Å². The predicted octanol–water partition coefficient (Wildman–Crippen LogP) is 1.45. The number of rotatable bonds is 6. The van der Waals surface area contributed by atoms with Gasteiger partial charge in [-0.15, -0.1) is 0 Å². The van der Waals surface area contributed by atoms with E-state index in [2.05, 4.69) is 21.2 Å². The third-order valence-electron chi connectivity index (χ3n) is 2.08. The minimum absolute atomic E-state index is 0.0167. The number of sulfonamides is 1. The fraction of sp³-hybridized carbons (Fsp3) is 0.333. The molecule has 0 amide bonds. The van der Waals surface area contributed by atoms with Crippen molar-refractivity contribution in [3.05, 3.63) is 32.8 Å². The van der Waals surface area contributed by atoms with Crippen LogP contribution in [0.2, 0.25) is 0 Å². The summed E-state index contributed by atoms with van der Waals surface area (Å²) in [6, 6.07) is 4.30. The van der Waals surface area contributed by atoms with Gasteiger partial charge in [0.2, 0.25) is 10.0 Å². The Morgan fingerprint density at radius 1 is 1.44 bits per heavy atom. The van der Waals surface area contributed by atoms with Crippen molar-refractivity contribution in [3.8, 4) is 0 Å². The van der Waals surface area contributed by atoms with Gasteiger partial charge in [-0.05, 0) is 28.4 Å². The van der Waals surface area contributed by atoms with Gasteiger partial charge < -0.3 is 5.32 Å². The summed E-state index contributed by atoms with van der Waals surface area (Å²) in [7, 11) is -3.45. The summed E-state index contributed by atoms with van der Waals surface area (Å²) in [5.74, 6) is -0.107. The molecule has 9 heteroatoms. The number of hydrogen-bond donors (Lipinski definition) is 2. The monoisotopic (exact) mass is 337 g/mol. The predicted molar refractivity (Wildman–Crippen MR) is 71.9 cm³/mol. The minimum atomic E-state index is -3.45. The smallest absolute Gasteiger partial charge is 0.270 e. The van der Waals surface area contributed by atoms with Crippen molar-refractivity contribution in [1.82, 2.24) is 0 Å². The molecule has 0 aromatic heterocycles. The average Bonchev–Trinajstić information content (AvgIpc) is 2.24. The van der Waals surface area contributed by atoms with Crippen molar-refractivity contribution in [3.63, 3.8) is 0 Å². The summed E-state index contributed by atoms with van der Waals surface area (Å²) in [6.45, 7) is 0.410. The van der Waals surface area contributed by atoms with Crippen molar-refractivity contribution in [1.29, 1.82) is 0 Å². The number of primary sulfonamides is 1. The summed E-state index contributed by atoms with van der Waals surface area (Å²) in [6.07, 6.45) is 0.363. The van der Waals surface area contributed by atoms with Crippen molar-refractivity contribution < 1.29 is 13.3 Å². The number of halogens is 1. The Kier molecular flexibility index (Phi) is 5.05. The molecule has 0 unspecified atom stereocenters. The van der Waals surface area contributed by atoms with E-state index >= 15 is 0 Å². The fourth-order valence-corrected chi connectivity index (χ4v) is 2.31. The molecule has 0 heterocycles. The molecule has 0 atom stereocenters. The number of hydrogen-bond acceptors (Lipinski definition) is 5. The summed E-state index contributed by atoms with van der Waals surface area (Å²) in [5.41, 5.74) is 0.645. The number of non-ortho nitro benzene ring substituents is 1. The zero-order chi connectivity index (χ0) is 13.8. The molecule has 1 aromatic rings. The van der Waals surface area contributed by atoms with E-state index in [9.17, 15) is 18.5 Å². The van der Waals surface area contributed by atoms with Crippen LogP contribution in [0.15, 0.2) is 22.7 Å². The van der Waals surface area contributed by atoms with Gasteiger partial charge in [0.15, 0.2) is 0 Å². The van der Waals surface area contributed by atoms with Crippen molar-refractivity contribution in [2.75, 3.05) is 17.6 Å². The van der Waals surface area contributed by atoms with Gasteiger partial charge in [0, 0.05) is 28.8 Å². The molecule has 1 aromatic carbocycles. The van der Waals surface area contributed by atoms with E-state index in [0.29, 0.717) is 23.1 Å². The molecule has 1 rings (SSSR count). The van der Waals surface area contributed by atoms with E-state index < -0.39 is 14.9 Å². The number of nitro benzene ring substituents is 1. The first kappa shape index (κ1) is 14.9. The molecule has 7 nitrogen and oxygen atoms in total. The number of nitrogens with one attached hydrogen (secondary N) is 1. The van der Waals surface area contributed by atoms with Crippen molar-refractivity contribution >= 4 is 37.3 Å². The van der Waals surface area contributed by atoms with Gasteiger partial charge in [0.25, 0.3) is 5.69 Å². The molecule has 0 aliphatic carbocycles. The summed E-state index contributed by atoms with van der Waals surface area (Å²) < 4.78 is 21.9. The number of nitro groups is 1. The summed E-state index contributed by atoms with van der Waals surface area (Å²) in [4.78, 5) is 10.0. The minimum Gasteiger partial charge on any atom is -0.384 e. The van der Waals surface area contributed by atoms with Gasteiger partial charge in [-0.3, -0.25) is 10.1 Å². The first-order valence-corrected chi connectivity index (χ1v) is 7.49. The zero-order valence-corrected chi connectivity index (χ0v) is 11.7. The van der Waals surface area contributed by atoms with E-state index in [4.69, 9.17) is 5.14 Å². The fourth-order valence-electron chi connectivity index (χ4n) is 1.26. The third-order valence-corrected chi connectivity index (χ3v) is 3.60. The highest BCUT2D eigenvalue weighted by molar-refractivity contribution is 9.10. The van der Waals surface area contributed by atoms with E-state index in [1.165, 1.54) is 12.1 Å². The Balaban J connectivity index is 2.56. The molecule has 0 saturated heterocycles. The van der Waals surface area contributed by atoms with Gasteiger partial charge in [0.05, 0.1) is 10.7 Å². The maximum absolute atomic E-state index is 10.7. The van der Waals surface area contributed by atoms with Gasteiger partial charge in [-0.1, -0.05) is 0 Å². The molecule has 3 N–H and O–H groups in total. The maximum atomic E-state index is 10.7. The van der Waals surface area contributed by atoms with Crippen LogP contribution in [0.4, 0.5) is 11.4 Å². The quantitative estimate of drug-likeness (QED) is 0.463. The molecule has 0 bridgehead atoms. The largest absolute Gasteiger partial charge is 0.384 e. The SMILES string of the molecule is NS(=O)(=O)CCCNc1ccc([N+](=O)[O-])cc1Br. The Labute approximate surface area is 113 Å². The van der Waals surface area contributed by atoms with E-state index in [-0.39, 0.29) is 11.4 Å². The van der Waals surface area contributed by atoms with Gasteiger partial charge in [-0.25, -0.2) is 13.6 Å². The molecule has 0 aliphatic rings. The Morgan fingerprint density at radius 3 is 2.61 bits per heavy atom. The molecular formula is C9H12BrN3O4S. The lowest BCUT2D eigenvalue weighted by molar-refractivity contribution is -0.384. The van der Waals surface area contributed by atoms with Crippen LogP contribution in [0.1, 0.15) is 6.42 Å². The normalized spacial score (nSPS) is 11.2. The first-order chi connectivity index (χ1) is 8.29. The lowest BCUT2D eigenvalue weighted by Gasteiger charge is -2.07. The molecule has 0 spiro atoms. The second-order valence-corrected chi connectivity index (χ2v) is 6.16. The third kappa shape index (κ3) is 4.98. The standard InChI is InChI=1S/C9H12BrN3O4S/c10-8-6-7(13(14)15)2-3-9(8)12-4-1-5-18(11,16)17/h2-3,6,12H,1,4-5H2,(H2,11,16,17). The highest BCUT2D eigenvalue weighted by Gasteiger charge is 2.09. The molecule has 0 fully saturated rings. The highest BCUT2D eigenvalue weighted by Crippen LogP contribution is 2.26.